The summed E-state index contributed by atoms with van der Waals surface area (Å²) < 4.78 is 24.0. The third-order valence-electron chi connectivity index (χ3n) is 5.95. The molecule has 0 saturated carbocycles. The summed E-state index contributed by atoms with van der Waals surface area (Å²) in [7, 11) is 0. The molecule has 0 aromatic heterocycles. The van der Waals surface area contributed by atoms with E-state index in [9.17, 15) is 9.59 Å². The van der Waals surface area contributed by atoms with E-state index >= 15 is 0 Å². The van der Waals surface area contributed by atoms with Crippen LogP contribution in [0.2, 0.25) is 0 Å². The molecule has 8 heteroatoms. The largest absolute Gasteiger partial charge is 0.468 e. The van der Waals surface area contributed by atoms with E-state index in [1.807, 2.05) is 13.8 Å². The van der Waals surface area contributed by atoms with Crippen molar-refractivity contribution in [3.8, 4) is 0 Å². The van der Waals surface area contributed by atoms with Crippen molar-refractivity contribution < 1.29 is 28.5 Å². The zero-order valence-electron chi connectivity index (χ0n) is 19.1. The highest BCUT2D eigenvalue weighted by Crippen LogP contribution is 2.51. The summed E-state index contributed by atoms with van der Waals surface area (Å²) in [6, 6.07) is 0. The van der Waals surface area contributed by atoms with Crippen molar-refractivity contribution in [2.75, 3.05) is 26.4 Å². The second-order valence-electron chi connectivity index (χ2n) is 8.73. The van der Waals surface area contributed by atoms with Gasteiger partial charge in [-0.15, -0.1) is 0 Å². The maximum absolute atomic E-state index is 12.2. The fourth-order valence-corrected chi connectivity index (χ4v) is 4.60. The molecule has 0 radical (unpaired) electrons. The van der Waals surface area contributed by atoms with Crippen LogP contribution in [-0.2, 0) is 28.5 Å². The van der Waals surface area contributed by atoms with Gasteiger partial charge in [0, 0.05) is 23.9 Å². The van der Waals surface area contributed by atoms with Crippen LogP contribution in [0.15, 0.2) is 0 Å². The van der Waals surface area contributed by atoms with E-state index < -0.39 is 11.2 Å². The molecule has 2 heterocycles. The van der Waals surface area contributed by atoms with Crippen LogP contribution >= 0.6 is 12.8 Å². The van der Waals surface area contributed by atoms with Gasteiger partial charge < -0.3 is 18.9 Å². The van der Waals surface area contributed by atoms with Crippen LogP contribution in [0, 0.1) is 5.41 Å². The van der Waals surface area contributed by atoms with Gasteiger partial charge in [-0.1, -0.05) is 26.7 Å². The average Bonchev–Trinajstić information content (AvgIpc) is 2.69. The van der Waals surface area contributed by atoms with Crippen molar-refractivity contribution in [3.05, 3.63) is 0 Å². The van der Waals surface area contributed by atoms with Gasteiger partial charge in [0.2, 0.25) is 0 Å². The summed E-state index contributed by atoms with van der Waals surface area (Å²) in [5, 5.41) is 0. The first-order chi connectivity index (χ1) is 13.5. The molecule has 0 N–H and O–H groups in total. The number of thiol groups is 1. The maximum atomic E-state index is 12.2. The number of carbonyl (C=O) groups excluding carboxylic acids is 2. The summed E-state index contributed by atoms with van der Waals surface area (Å²) in [6.45, 7) is 16.1. The van der Waals surface area contributed by atoms with Crippen LogP contribution in [0.3, 0.4) is 0 Å². The molecule has 0 aromatic rings. The van der Waals surface area contributed by atoms with E-state index in [0.717, 1.165) is 25.7 Å². The summed E-state index contributed by atoms with van der Waals surface area (Å²) >= 11 is 4.83. The Labute approximate surface area is 181 Å². The molecular formula is C21H39NO6S. The molecule has 29 heavy (non-hydrogen) atoms. The van der Waals surface area contributed by atoms with Gasteiger partial charge in [-0.3, -0.25) is 9.59 Å². The molecule has 170 valence electrons. The Bertz CT molecular complexity index is 541. The normalized spacial score (nSPS) is 30.8. The number of rotatable bonds is 6. The van der Waals surface area contributed by atoms with Crippen molar-refractivity contribution in [1.82, 2.24) is 4.31 Å². The molecule has 0 bridgehead atoms. The minimum Gasteiger partial charge on any atom is -0.468 e. The van der Waals surface area contributed by atoms with E-state index in [4.69, 9.17) is 27.0 Å². The predicted octanol–water partition coefficient (Wildman–Crippen LogP) is 3.76. The number of ether oxygens (including phenoxy) is 4. The van der Waals surface area contributed by atoms with Gasteiger partial charge in [-0.2, -0.15) is 0 Å². The molecular weight excluding hydrogens is 394 g/mol. The maximum Gasteiger partial charge on any atom is 0.316 e. The Kier molecular flexibility index (Phi) is 9.46. The van der Waals surface area contributed by atoms with Gasteiger partial charge in [0.25, 0.3) is 6.47 Å². The van der Waals surface area contributed by atoms with Crippen molar-refractivity contribution in [2.45, 2.75) is 91.0 Å². The molecule has 0 unspecified atom stereocenters. The molecule has 2 fully saturated rings. The monoisotopic (exact) mass is 433 g/mol. The van der Waals surface area contributed by atoms with Crippen LogP contribution < -0.4 is 0 Å². The SMILES string of the molecule is CCOC(=O)C1(C)COC2(CC(C)(C)N(S)C(CC)(CC)C2)OC1.CCOC=O. The number of carbonyl (C=O) groups is 2. The van der Waals surface area contributed by atoms with E-state index in [1.54, 1.807) is 6.92 Å². The lowest BCUT2D eigenvalue weighted by molar-refractivity contribution is -0.333. The molecule has 1 spiro atoms. The van der Waals surface area contributed by atoms with E-state index in [0.29, 0.717) is 32.9 Å². The van der Waals surface area contributed by atoms with Crippen LogP contribution in [0.5, 0.6) is 0 Å². The zero-order valence-corrected chi connectivity index (χ0v) is 20.0. The number of hydrogen-bond acceptors (Lipinski definition) is 8. The molecule has 2 saturated heterocycles. The fourth-order valence-electron chi connectivity index (χ4n) is 4.17. The molecule has 0 aliphatic carbocycles. The van der Waals surface area contributed by atoms with Gasteiger partial charge in [-0.25, -0.2) is 4.31 Å². The average molecular weight is 434 g/mol. The molecule has 7 nitrogen and oxygen atoms in total. The topological polar surface area (TPSA) is 74.3 Å². The van der Waals surface area contributed by atoms with E-state index in [-0.39, 0.29) is 17.0 Å². The lowest BCUT2D eigenvalue weighted by atomic mass is 9.73. The number of nitrogens with zero attached hydrogens (tertiary/aromatic N) is 1. The number of piperidine rings is 1. The van der Waals surface area contributed by atoms with Gasteiger partial charge in [0.1, 0.15) is 5.41 Å². The quantitative estimate of drug-likeness (QED) is 0.388. The molecule has 2 aliphatic heterocycles. The minimum absolute atomic E-state index is 0.0808. The minimum atomic E-state index is -0.732. The smallest absolute Gasteiger partial charge is 0.316 e. The summed E-state index contributed by atoms with van der Waals surface area (Å²) in [5.41, 5.74) is -0.974. The van der Waals surface area contributed by atoms with Gasteiger partial charge in [0.15, 0.2) is 5.79 Å². The number of hydrogen-bond donors (Lipinski definition) is 1. The van der Waals surface area contributed by atoms with Gasteiger partial charge in [0.05, 0.1) is 26.4 Å². The highest BCUT2D eigenvalue weighted by Gasteiger charge is 2.58. The highest BCUT2D eigenvalue weighted by atomic mass is 32.1. The van der Waals surface area contributed by atoms with Gasteiger partial charge in [-0.05, 0) is 47.5 Å². The Balaban J connectivity index is 0.000000749. The molecule has 2 rings (SSSR count). The summed E-state index contributed by atoms with van der Waals surface area (Å²) in [6.07, 6.45) is 3.43. The van der Waals surface area contributed by atoms with Crippen LogP contribution in [-0.4, -0.2) is 60.0 Å². The molecule has 0 amide bonds. The van der Waals surface area contributed by atoms with Crippen molar-refractivity contribution in [3.63, 3.8) is 0 Å². The van der Waals surface area contributed by atoms with Crippen LogP contribution in [0.4, 0.5) is 0 Å². The summed E-state index contributed by atoms with van der Waals surface area (Å²) in [5.74, 6) is -0.899. The standard InChI is InChI=1S/C18H33NO4S.C3H6O2/c1-7-17(8-2)11-18(10-15(4,5)19(17)24)22-12-16(6,13-23-18)14(20)21-9-3;1-2-5-3-4/h24H,7-13H2,1-6H3;3H,2H2,1H3. The third-order valence-corrected chi connectivity index (χ3v) is 6.92. The fraction of sp³-hybridized carbons (Fsp3) is 0.905. The lowest BCUT2D eigenvalue weighted by Gasteiger charge is -2.60. The number of esters is 1. The summed E-state index contributed by atoms with van der Waals surface area (Å²) in [4.78, 5) is 21.4. The third kappa shape index (κ3) is 5.87. The first-order valence-corrected chi connectivity index (χ1v) is 10.9. The zero-order chi connectivity index (χ0) is 22.3. The molecule has 2 aliphatic rings. The van der Waals surface area contributed by atoms with Gasteiger partial charge >= 0.3 is 5.97 Å². The second kappa shape index (κ2) is 10.5. The highest BCUT2D eigenvalue weighted by molar-refractivity contribution is 7.77. The predicted molar refractivity (Wildman–Crippen MR) is 115 cm³/mol. The van der Waals surface area contributed by atoms with E-state index in [2.05, 4.69) is 36.7 Å². The van der Waals surface area contributed by atoms with Crippen molar-refractivity contribution in [2.24, 2.45) is 5.41 Å². The Hall–Kier alpha value is -0.830. The van der Waals surface area contributed by atoms with E-state index in [1.165, 1.54) is 0 Å². The Morgan fingerprint density at radius 1 is 1.03 bits per heavy atom. The Morgan fingerprint density at radius 3 is 1.97 bits per heavy atom. The Morgan fingerprint density at radius 2 is 1.59 bits per heavy atom. The first kappa shape index (κ1) is 26.2. The second-order valence-corrected chi connectivity index (χ2v) is 9.13. The molecule has 0 aromatic carbocycles. The first-order valence-electron chi connectivity index (χ1n) is 10.5. The van der Waals surface area contributed by atoms with Crippen molar-refractivity contribution in [1.29, 1.82) is 0 Å². The van der Waals surface area contributed by atoms with Crippen LogP contribution in [0.1, 0.15) is 74.1 Å². The molecule has 0 atom stereocenters. The van der Waals surface area contributed by atoms with Crippen LogP contribution in [0.25, 0.3) is 0 Å². The lowest BCUT2D eigenvalue weighted by Crippen LogP contribution is -2.67. The van der Waals surface area contributed by atoms with Crippen molar-refractivity contribution >= 4 is 25.3 Å².